The van der Waals surface area contributed by atoms with E-state index >= 15 is 0 Å². The Kier molecular flexibility index (Phi) is 6.36. The topological polar surface area (TPSA) is 29.5 Å². The number of Topliss-reactive ketones (excluding diaryl/α,β-unsaturated/α-hetero) is 1. The van der Waals surface area contributed by atoms with E-state index in [-0.39, 0.29) is 5.78 Å². The summed E-state index contributed by atoms with van der Waals surface area (Å²) in [6.45, 7) is 3.52. The highest BCUT2D eigenvalue weighted by Gasteiger charge is 2.13. The van der Waals surface area contributed by atoms with Gasteiger partial charge in [-0.25, -0.2) is 0 Å². The molecule has 0 spiro atoms. The minimum absolute atomic E-state index is 0.0923. The highest BCUT2D eigenvalue weighted by atomic mass is 16.5. The zero-order valence-electron chi connectivity index (χ0n) is 14.2. The third-order valence-corrected chi connectivity index (χ3v) is 3.78. The van der Waals surface area contributed by atoms with E-state index in [4.69, 9.17) is 4.74 Å². The number of nitrogens with zero attached hydrogens (tertiary/aromatic N) is 1. The molecule has 3 heteroatoms. The number of benzene rings is 2. The lowest BCUT2D eigenvalue weighted by Crippen LogP contribution is -2.20. The highest BCUT2D eigenvalue weighted by molar-refractivity contribution is 5.99. The Morgan fingerprint density at radius 2 is 1.65 bits per heavy atom. The first-order valence-electron chi connectivity index (χ1n) is 8.07. The second-order valence-electron chi connectivity index (χ2n) is 5.92. The van der Waals surface area contributed by atoms with Gasteiger partial charge in [0, 0.05) is 13.0 Å². The van der Waals surface area contributed by atoms with Gasteiger partial charge in [0.15, 0.2) is 5.78 Å². The minimum Gasteiger partial charge on any atom is -0.491 e. The molecular weight excluding hydrogens is 286 g/mol. The van der Waals surface area contributed by atoms with Crippen molar-refractivity contribution in [2.45, 2.75) is 19.8 Å². The number of hydrogen-bond donors (Lipinski definition) is 0. The van der Waals surface area contributed by atoms with Gasteiger partial charge in [0.1, 0.15) is 12.4 Å². The van der Waals surface area contributed by atoms with Crippen molar-refractivity contribution in [3.8, 4) is 5.75 Å². The molecule has 0 bridgehead atoms. The summed E-state index contributed by atoms with van der Waals surface area (Å²) in [5.41, 5.74) is 2.98. The first-order chi connectivity index (χ1) is 11.1. The lowest BCUT2D eigenvalue weighted by atomic mass is 10.0. The highest BCUT2D eigenvalue weighted by Crippen LogP contribution is 2.20. The van der Waals surface area contributed by atoms with Crippen molar-refractivity contribution < 1.29 is 9.53 Å². The molecule has 0 aliphatic carbocycles. The normalized spacial score (nSPS) is 10.8. The number of carbonyl (C=O) groups excluding carboxylic acids is 1. The van der Waals surface area contributed by atoms with Gasteiger partial charge in [-0.05, 0) is 43.8 Å². The summed E-state index contributed by atoms with van der Waals surface area (Å²) in [6, 6.07) is 15.7. The van der Waals surface area contributed by atoms with Crippen molar-refractivity contribution in [1.82, 2.24) is 4.90 Å². The van der Waals surface area contributed by atoms with Crippen LogP contribution in [-0.4, -0.2) is 37.9 Å². The molecule has 0 heterocycles. The Morgan fingerprint density at radius 1 is 1.00 bits per heavy atom. The van der Waals surface area contributed by atoms with Gasteiger partial charge in [-0.15, -0.1) is 0 Å². The van der Waals surface area contributed by atoms with E-state index in [9.17, 15) is 4.79 Å². The van der Waals surface area contributed by atoms with Crippen LogP contribution in [0.5, 0.6) is 5.75 Å². The SMILES string of the molecule is CCc1ccc(CC(=O)c2ccccc2OCCN(C)C)cc1. The molecule has 0 radical (unpaired) electrons. The van der Waals surface area contributed by atoms with Gasteiger partial charge in [0.05, 0.1) is 5.56 Å². The largest absolute Gasteiger partial charge is 0.491 e. The molecule has 0 saturated heterocycles. The minimum atomic E-state index is 0.0923. The number of para-hydroxylation sites is 1. The third kappa shape index (κ3) is 5.22. The fourth-order valence-electron chi connectivity index (χ4n) is 2.33. The lowest BCUT2D eigenvalue weighted by Gasteiger charge is -2.13. The average molecular weight is 311 g/mol. The van der Waals surface area contributed by atoms with E-state index in [0.717, 1.165) is 18.5 Å². The maximum Gasteiger partial charge on any atom is 0.170 e. The number of likely N-dealkylation sites (N-methyl/N-ethyl adjacent to an activating group) is 1. The molecule has 0 N–H and O–H groups in total. The summed E-state index contributed by atoms with van der Waals surface area (Å²) >= 11 is 0. The Hall–Kier alpha value is -2.13. The number of rotatable bonds is 8. The van der Waals surface area contributed by atoms with Crippen LogP contribution in [0.25, 0.3) is 0 Å². The number of carbonyl (C=O) groups is 1. The van der Waals surface area contributed by atoms with Gasteiger partial charge in [-0.1, -0.05) is 43.3 Å². The van der Waals surface area contributed by atoms with Crippen LogP contribution in [-0.2, 0) is 12.8 Å². The molecule has 3 nitrogen and oxygen atoms in total. The summed E-state index contributed by atoms with van der Waals surface area (Å²) in [7, 11) is 4.00. The molecular formula is C20H25NO2. The van der Waals surface area contributed by atoms with Gasteiger partial charge < -0.3 is 9.64 Å². The second kappa shape index (κ2) is 8.49. The van der Waals surface area contributed by atoms with Gasteiger partial charge in [-0.2, -0.15) is 0 Å². The lowest BCUT2D eigenvalue weighted by molar-refractivity contribution is 0.0988. The molecule has 0 aromatic heterocycles. The van der Waals surface area contributed by atoms with Crippen molar-refractivity contribution in [1.29, 1.82) is 0 Å². The zero-order valence-corrected chi connectivity index (χ0v) is 14.2. The van der Waals surface area contributed by atoms with Crippen LogP contribution in [0.3, 0.4) is 0 Å². The molecule has 0 aliphatic heterocycles. The van der Waals surface area contributed by atoms with Crippen LogP contribution in [0.2, 0.25) is 0 Å². The Bertz CT molecular complexity index is 632. The van der Waals surface area contributed by atoms with E-state index in [1.165, 1.54) is 5.56 Å². The van der Waals surface area contributed by atoms with Gasteiger partial charge in [-0.3, -0.25) is 4.79 Å². The maximum atomic E-state index is 12.6. The summed E-state index contributed by atoms with van der Waals surface area (Å²) in [4.78, 5) is 14.7. The fraction of sp³-hybridized carbons (Fsp3) is 0.350. The number of ketones is 1. The maximum absolute atomic E-state index is 12.6. The summed E-state index contributed by atoms with van der Waals surface area (Å²) in [6.07, 6.45) is 1.41. The van der Waals surface area contributed by atoms with Crippen molar-refractivity contribution in [3.05, 3.63) is 65.2 Å². The van der Waals surface area contributed by atoms with Crippen LogP contribution in [0.1, 0.15) is 28.4 Å². The van der Waals surface area contributed by atoms with Crippen LogP contribution in [0, 0.1) is 0 Å². The molecule has 0 atom stereocenters. The predicted octanol–water partition coefficient (Wildman–Crippen LogP) is 3.61. The fourth-order valence-corrected chi connectivity index (χ4v) is 2.33. The molecule has 0 saturated carbocycles. The van der Waals surface area contributed by atoms with Crippen LogP contribution in [0.4, 0.5) is 0 Å². The van der Waals surface area contributed by atoms with Crippen LogP contribution < -0.4 is 4.74 Å². The number of aryl methyl sites for hydroxylation is 1. The first kappa shape index (κ1) is 17.2. The third-order valence-electron chi connectivity index (χ3n) is 3.78. The molecule has 2 rings (SSSR count). The first-order valence-corrected chi connectivity index (χ1v) is 8.07. The predicted molar refractivity (Wildman–Crippen MR) is 94.3 cm³/mol. The van der Waals surface area contributed by atoms with Crippen molar-refractivity contribution in [2.24, 2.45) is 0 Å². The van der Waals surface area contributed by atoms with E-state index < -0.39 is 0 Å². The van der Waals surface area contributed by atoms with E-state index in [2.05, 4.69) is 24.0 Å². The van der Waals surface area contributed by atoms with Crippen LogP contribution >= 0.6 is 0 Å². The van der Waals surface area contributed by atoms with Gasteiger partial charge >= 0.3 is 0 Å². The van der Waals surface area contributed by atoms with Crippen molar-refractivity contribution in [2.75, 3.05) is 27.2 Å². The summed E-state index contributed by atoms with van der Waals surface area (Å²) in [5.74, 6) is 0.763. The summed E-state index contributed by atoms with van der Waals surface area (Å²) < 4.78 is 5.78. The smallest absolute Gasteiger partial charge is 0.170 e. The molecule has 122 valence electrons. The van der Waals surface area contributed by atoms with Gasteiger partial charge in [0.25, 0.3) is 0 Å². The summed E-state index contributed by atoms with van der Waals surface area (Å²) in [5, 5.41) is 0. The van der Waals surface area contributed by atoms with Gasteiger partial charge in [0.2, 0.25) is 0 Å². The molecule has 0 amide bonds. The quantitative estimate of drug-likeness (QED) is 0.697. The standard InChI is InChI=1S/C20H25NO2/c1-4-16-9-11-17(12-10-16)15-19(22)18-7-5-6-8-20(18)23-14-13-21(2)3/h5-12H,4,13-15H2,1-3H3. The molecule has 2 aromatic carbocycles. The van der Waals surface area contributed by atoms with Crippen LogP contribution in [0.15, 0.2) is 48.5 Å². The Balaban J connectivity index is 2.05. The molecule has 0 unspecified atom stereocenters. The number of ether oxygens (including phenoxy) is 1. The Morgan fingerprint density at radius 3 is 2.30 bits per heavy atom. The Labute approximate surface area is 138 Å². The zero-order chi connectivity index (χ0) is 16.7. The molecule has 0 fully saturated rings. The second-order valence-corrected chi connectivity index (χ2v) is 5.92. The van der Waals surface area contributed by atoms with E-state index in [1.54, 1.807) is 0 Å². The van der Waals surface area contributed by atoms with E-state index in [0.29, 0.717) is 24.3 Å². The monoisotopic (exact) mass is 311 g/mol. The van der Waals surface area contributed by atoms with Crippen molar-refractivity contribution in [3.63, 3.8) is 0 Å². The average Bonchev–Trinajstić information content (AvgIpc) is 2.55. The molecule has 0 aliphatic rings. The molecule has 2 aromatic rings. The molecule has 23 heavy (non-hydrogen) atoms. The van der Waals surface area contributed by atoms with Crippen molar-refractivity contribution >= 4 is 5.78 Å². The number of hydrogen-bond acceptors (Lipinski definition) is 3. The van der Waals surface area contributed by atoms with E-state index in [1.807, 2.05) is 50.5 Å².